The van der Waals surface area contributed by atoms with Crippen LogP contribution in [0.15, 0.2) is 11.8 Å². The molecule has 3 atom stereocenters. The topological polar surface area (TPSA) is 31.0 Å². The van der Waals surface area contributed by atoms with E-state index in [4.69, 9.17) is 4.74 Å². The Bertz CT molecular complexity index is 301. The average Bonchev–Trinajstić information content (AvgIpc) is 3.18. The fourth-order valence-electron chi connectivity index (χ4n) is 2.26. The fourth-order valence-corrected chi connectivity index (χ4v) is 2.77. The molecule has 0 aromatic rings. The highest BCUT2D eigenvalue weighted by atomic mass is 31.1. The molecule has 0 aromatic carbocycles. The number of fused-ring (bicyclic) bond motifs is 1. The van der Waals surface area contributed by atoms with Crippen LogP contribution in [-0.2, 0) is 14.3 Å². The molecule has 3 aliphatic rings. The summed E-state index contributed by atoms with van der Waals surface area (Å²) in [6, 6.07) is 0. The number of allylic oxidation sites excluding steroid dienone is 1. The maximum Gasteiger partial charge on any atom is 0.134 e. The van der Waals surface area contributed by atoms with Gasteiger partial charge in [0.15, 0.2) is 0 Å². The molecule has 4 heteroatoms. The van der Waals surface area contributed by atoms with E-state index in [1.807, 2.05) is 5.80 Å². The molecule has 0 N–H and O–H groups in total. The van der Waals surface area contributed by atoms with Gasteiger partial charge in [0.05, 0.1) is 12.2 Å². The molecular formula is C13H21O3P. The van der Waals surface area contributed by atoms with Gasteiger partial charge in [-0.1, -0.05) is 20.3 Å². The largest absolute Gasteiger partial charge is 0.370 e. The van der Waals surface area contributed by atoms with Crippen LogP contribution >= 0.6 is 8.43 Å². The highest BCUT2D eigenvalue weighted by Gasteiger charge is 2.43. The van der Waals surface area contributed by atoms with Crippen molar-refractivity contribution in [3.63, 3.8) is 0 Å². The molecule has 3 nitrogen and oxygen atoms in total. The van der Waals surface area contributed by atoms with Crippen molar-refractivity contribution in [3.8, 4) is 0 Å². The van der Waals surface area contributed by atoms with Crippen LogP contribution in [0.3, 0.4) is 0 Å². The zero-order chi connectivity index (χ0) is 12.1. The SMILES string of the molecule is CCC1=COOP=C1.CCC1CCC2OC2C1. The molecule has 2 aliphatic heterocycles. The standard InChI is InChI=1S/C8H14O.C5H7O2P/c1-2-6-3-4-7-8(5-6)9-7;1-2-5-3-6-7-8-4-5/h6-8H,2-5H2,1H3;3-4H,2H2,1H3. The Hall–Kier alpha value is -0.370. The monoisotopic (exact) mass is 256 g/mol. The zero-order valence-corrected chi connectivity index (χ0v) is 11.5. The molecule has 1 saturated carbocycles. The van der Waals surface area contributed by atoms with Gasteiger partial charge in [0.25, 0.3) is 0 Å². The summed E-state index contributed by atoms with van der Waals surface area (Å²) in [4.78, 5) is 4.57. The Morgan fingerprint density at radius 2 is 2.18 bits per heavy atom. The summed E-state index contributed by atoms with van der Waals surface area (Å²) in [5.41, 5.74) is 1.19. The predicted molar refractivity (Wildman–Crippen MR) is 69.8 cm³/mol. The van der Waals surface area contributed by atoms with Crippen LogP contribution < -0.4 is 0 Å². The Labute approximate surface area is 105 Å². The summed E-state index contributed by atoms with van der Waals surface area (Å²) in [5, 5.41) is 0. The van der Waals surface area contributed by atoms with Gasteiger partial charge in [-0.25, -0.2) is 0 Å². The van der Waals surface area contributed by atoms with E-state index in [9.17, 15) is 0 Å². The van der Waals surface area contributed by atoms with Gasteiger partial charge in [0, 0.05) is 0 Å². The second-order valence-corrected chi connectivity index (χ2v) is 5.37. The lowest BCUT2D eigenvalue weighted by molar-refractivity contribution is -0.134. The van der Waals surface area contributed by atoms with E-state index in [0.717, 1.165) is 20.8 Å². The first kappa shape index (κ1) is 13.1. The van der Waals surface area contributed by atoms with Crippen LogP contribution in [0, 0.1) is 5.92 Å². The number of rotatable bonds is 2. The normalized spacial score (nSPS) is 34.7. The van der Waals surface area contributed by atoms with Crippen LogP contribution in [0.5, 0.6) is 0 Å². The summed E-state index contributed by atoms with van der Waals surface area (Å²) >= 11 is 0. The minimum absolute atomic E-state index is 0.684. The molecule has 0 aromatic heterocycles. The second-order valence-electron chi connectivity index (χ2n) is 4.75. The van der Waals surface area contributed by atoms with Gasteiger partial charge in [0.1, 0.15) is 14.7 Å². The molecule has 0 bridgehead atoms. The number of hydrogen-bond donors (Lipinski definition) is 0. The summed E-state index contributed by atoms with van der Waals surface area (Å²) in [7, 11) is 0.793. The molecule has 3 rings (SSSR count). The average molecular weight is 256 g/mol. The molecule has 0 spiro atoms. The van der Waals surface area contributed by atoms with Gasteiger partial charge in [-0.15, -0.1) is 4.67 Å². The smallest absolute Gasteiger partial charge is 0.134 e. The molecule has 17 heavy (non-hydrogen) atoms. The minimum Gasteiger partial charge on any atom is -0.370 e. The third kappa shape index (κ3) is 4.09. The van der Waals surface area contributed by atoms with Crippen molar-refractivity contribution in [3.05, 3.63) is 11.8 Å². The Morgan fingerprint density at radius 3 is 2.71 bits per heavy atom. The summed E-state index contributed by atoms with van der Waals surface area (Å²) in [6.07, 6.45) is 9.46. The van der Waals surface area contributed by atoms with Crippen LogP contribution in [0.1, 0.15) is 46.0 Å². The van der Waals surface area contributed by atoms with E-state index in [1.165, 1.54) is 31.3 Å². The molecular weight excluding hydrogens is 235 g/mol. The van der Waals surface area contributed by atoms with Crippen LogP contribution in [0.2, 0.25) is 0 Å². The van der Waals surface area contributed by atoms with E-state index in [-0.39, 0.29) is 0 Å². The maximum atomic E-state index is 5.41. The molecule has 0 radical (unpaired) electrons. The Balaban J connectivity index is 0.000000128. The highest BCUT2D eigenvalue weighted by molar-refractivity contribution is 7.33. The third-order valence-corrected chi connectivity index (χ3v) is 4.21. The number of epoxide rings is 1. The van der Waals surface area contributed by atoms with Gasteiger partial charge >= 0.3 is 0 Å². The van der Waals surface area contributed by atoms with E-state index in [0.29, 0.717) is 12.2 Å². The minimum atomic E-state index is 0.684. The van der Waals surface area contributed by atoms with Crippen molar-refractivity contribution in [1.29, 1.82) is 0 Å². The van der Waals surface area contributed by atoms with E-state index < -0.39 is 0 Å². The first-order valence-corrected chi connectivity index (χ1v) is 7.42. The summed E-state index contributed by atoms with van der Waals surface area (Å²) in [6.45, 7) is 4.36. The lowest BCUT2D eigenvalue weighted by Gasteiger charge is -2.15. The first-order valence-electron chi connectivity index (χ1n) is 6.53. The van der Waals surface area contributed by atoms with Crippen molar-refractivity contribution < 1.29 is 14.3 Å². The Morgan fingerprint density at radius 1 is 1.29 bits per heavy atom. The lowest BCUT2D eigenvalue weighted by Crippen LogP contribution is -2.11. The van der Waals surface area contributed by atoms with E-state index in [2.05, 4.69) is 23.4 Å². The number of hydrogen-bond acceptors (Lipinski definition) is 3. The van der Waals surface area contributed by atoms with E-state index in [1.54, 1.807) is 6.26 Å². The van der Waals surface area contributed by atoms with Crippen molar-refractivity contribution in [2.75, 3.05) is 0 Å². The van der Waals surface area contributed by atoms with E-state index >= 15 is 0 Å². The van der Waals surface area contributed by atoms with Gasteiger partial charge in [0.2, 0.25) is 0 Å². The van der Waals surface area contributed by atoms with Crippen molar-refractivity contribution in [2.45, 2.75) is 58.2 Å². The maximum absolute atomic E-state index is 5.41. The van der Waals surface area contributed by atoms with Gasteiger partial charge in [-0.3, -0.25) is 0 Å². The molecule has 96 valence electrons. The molecule has 1 saturated heterocycles. The van der Waals surface area contributed by atoms with Crippen molar-refractivity contribution >= 4 is 14.2 Å². The van der Waals surface area contributed by atoms with Crippen LogP contribution in [0.25, 0.3) is 0 Å². The van der Waals surface area contributed by atoms with Crippen LogP contribution in [0.4, 0.5) is 0 Å². The highest BCUT2D eigenvalue weighted by Crippen LogP contribution is 2.40. The second kappa shape index (κ2) is 6.53. The molecule has 0 amide bonds. The Kier molecular flexibility index (Phi) is 5.02. The summed E-state index contributed by atoms with van der Waals surface area (Å²) < 4.78 is 9.95. The van der Waals surface area contributed by atoms with Gasteiger partial charge < -0.3 is 9.62 Å². The first-order chi connectivity index (χ1) is 8.33. The molecule has 3 unspecified atom stereocenters. The lowest BCUT2D eigenvalue weighted by atomic mass is 9.88. The summed E-state index contributed by atoms with van der Waals surface area (Å²) in [5.74, 6) is 2.96. The third-order valence-electron chi connectivity index (χ3n) is 3.60. The van der Waals surface area contributed by atoms with Crippen LogP contribution in [-0.4, -0.2) is 18.0 Å². The fraction of sp³-hybridized carbons (Fsp3) is 0.769. The van der Waals surface area contributed by atoms with Gasteiger partial charge in [-0.05, 0) is 43.0 Å². The van der Waals surface area contributed by atoms with Crippen molar-refractivity contribution in [2.24, 2.45) is 5.92 Å². The molecule has 2 heterocycles. The number of ether oxygens (including phenoxy) is 1. The quantitative estimate of drug-likeness (QED) is 0.427. The molecule has 1 aliphatic carbocycles. The molecule has 2 fully saturated rings. The van der Waals surface area contributed by atoms with Gasteiger partial charge in [-0.2, -0.15) is 0 Å². The zero-order valence-electron chi connectivity index (χ0n) is 10.6. The predicted octanol–water partition coefficient (Wildman–Crippen LogP) is 3.87. The van der Waals surface area contributed by atoms with Crippen molar-refractivity contribution in [1.82, 2.24) is 0 Å².